The number of nitrogens with zero attached hydrogens (tertiary/aromatic N) is 3. The molecule has 0 amide bonds. The number of aromatic nitrogens is 1. The van der Waals surface area contributed by atoms with E-state index in [2.05, 4.69) is 22.2 Å². The fourth-order valence-electron chi connectivity index (χ4n) is 2.41. The third-order valence-corrected chi connectivity index (χ3v) is 3.39. The Labute approximate surface area is 112 Å². The molecule has 1 fully saturated rings. The molecule has 0 aliphatic carbocycles. The monoisotopic (exact) mass is 265 g/mol. The van der Waals surface area contributed by atoms with Gasteiger partial charge in [0.15, 0.2) is 0 Å². The standard InChI is InChI=1S/C12H19N5O2/c1-16-6-2-3-9(8-16)7-14-11-5-4-10(17(18)19)12(13)15-11/h4-5,9H,2-3,6-8H2,1H3,(H3,13,14,15). The maximum Gasteiger partial charge on any atom is 0.311 e. The minimum atomic E-state index is -0.526. The summed E-state index contributed by atoms with van der Waals surface area (Å²) in [6.45, 7) is 3.03. The van der Waals surface area contributed by atoms with Gasteiger partial charge in [-0.2, -0.15) is 0 Å². The van der Waals surface area contributed by atoms with Crippen LogP contribution in [-0.2, 0) is 0 Å². The van der Waals surface area contributed by atoms with E-state index in [4.69, 9.17) is 5.73 Å². The molecule has 0 radical (unpaired) electrons. The van der Waals surface area contributed by atoms with Gasteiger partial charge < -0.3 is 16.0 Å². The van der Waals surface area contributed by atoms with Crippen LogP contribution >= 0.6 is 0 Å². The lowest BCUT2D eigenvalue weighted by Crippen LogP contribution is -2.35. The summed E-state index contributed by atoms with van der Waals surface area (Å²) in [5.74, 6) is 1.13. The molecule has 0 saturated carbocycles. The molecule has 7 nitrogen and oxygen atoms in total. The molecule has 1 aromatic heterocycles. The zero-order valence-electron chi connectivity index (χ0n) is 11.0. The summed E-state index contributed by atoms with van der Waals surface area (Å²) in [4.78, 5) is 16.4. The molecule has 19 heavy (non-hydrogen) atoms. The molecule has 1 aliphatic heterocycles. The molecule has 2 rings (SSSR count). The average Bonchev–Trinajstić information content (AvgIpc) is 2.36. The van der Waals surface area contributed by atoms with Crippen molar-refractivity contribution in [2.45, 2.75) is 12.8 Å². The largest absolute Gasteiger partial charge is 0.378 e. The number of hydrogen-bond acceptors (Lipinski definition) is 6. The van der Waals surface area contributed by atoms with Crippen LogP contribution in [0.5, 0.6) is 0 Å². The van der Waals surface area contributed by atoms with Crippen molar-refractivity contribution in [2.75, 3.05) is 37.7 Å². The first-order chi connectivity index (χ1) is 9.06. The zero-order valence-corrected chi connectivity index (χ0v) is 11.0. The smallest absolute Gasteiger partial charge is 0.311 e. The molecule has 0 aromatic carbocycles. The van der Waals surface area contributed by atoms with E-state index in [-0.39, 0.29) is 11.5 Å². The summed E-state index contributed by atoms with van der Waals surface area (Å²) in [7, 11) is 2.12. The molecule has 0 spiro atoms. The highest BCUT2D eigenvalue weighted by Gasteiger charge is 2.17. The van der Waals surface area contributed by atoms with Crippen LogP contribution in [0.3, 0.4) is 0 Å². The van der Waals surface area contributed by atoms with Crippen molar-refractivity contribution >= 4 is 17.3 Å². The Morgan fingerprint density at radius 2 is 2.42 bits per heavy atom. The topological polar surface area (TPSA) is 97.3 Å². The first-order valence-electron chi connectivity index (χ1n) is 6.39. The molecule has 1 atom stereocenters. The summed E-state index contributed by atoms with van der Waals surface area (Å²) in [5, 5.41) is 13.8. The van der Waals surface area contributed by atoms with Crippen molar-refractivity contribution in [3.8, 4) is 0 Å². The number of nitro groups is 1. The van der Waals surface area contributed by atoms with Gasteiger partial charge in [-0.3, -0.25) is 10.1 Å². The van der Waals surface area contributed by atoms with E-state index in [0.29, 0.717) is 11.7 Å². The Bertz CT molecular complexity index is 465. The average molecular weight is 265 g/mol. The predicted molar refractivity (Wildman–Crippen MR) is 74.0 cm³/mol. The van der Waals surface area contributed by atoms with Crippen LogP contribution in [0.1, 0.15) is 12.8 Å². The summed E-state index contributed by atoms with van der Waals surface area (Å²) in [6.07, 6.45) is 2.40. The number of nitrogens with one attached hydrogen (secondary N) is 1. The Morgan fingerprint density at radius 1 is 1.63 bits per heavy atom. The number of anilines is 2. The second-order valence-electron chi connectivity index (χ2n) is 5.01. The Kier molecular flexibility index (Phi) is 4.16. The van der Waals surface area contributed by atoms with Crippen molar-refractivity contribution in [3.05, 3.63) is 22.2 Å². The lowest BCUT2D eigenvalue weighted by atomic mass is 9.98. The molecule has 104 valence electrons. The van der Waals surface area contributed by atoms with E-state index in [0.717, 1.165) is 19.6 Å². The maximum absolute atomic E-state index is 10.6. The molecule has 3 N–H and O–H groups in total. The molecule has 1 unspecified atom stereocenters. The zero-order chi connectivity index (χ0) is 13.8. The molecular weight excluding hydrogens is 246 g/mol. The van der Waals surface area contributed by atoms with Crippen molar-refractivity contribution in [1.82, 2.24) is 9.88 Å². The van der Waals surface area contributed by atoms with E-state index in [1.54, 1.807) is 6.07 Å². The Morgan fingerprint density at radius 3 is 3.05 bits per heavy atom. The lowest BCUT2D eigenvalue weighted by molar-refractivity contribution is -0.384. The maximum atomic E-state index is 10.6. The second kappa shape index (κ2) is 5.83. The number of likely N-dealkylation sites (tertiary alicyclic amines) is 1. The van der Waals surface area contributed by atoms with Gasteiger partial charge in [-0.05, 0) is 38.4 Å². The minimum Gasteiger partial charge on any atom is -0.378 e. The van der Waals surface area contributed by atoms with Crippen LogP contribution < -0.4 is 11.1 Å². The van der Waals surface area contributed by atoms with Gasteiger partial charge in [0.05, 0.1) is 4.92 Å². The van der Waals surface area contributed by atoms with Crippen molar-refractivity contribution in [1.29, 1.82) is 0 Å². The van der Waals surface area contributed by atoms with Gasteiger partial charge >= 0.3 is 5.69 Å². The number of hydrogen-bond donors (Lipinski definition) is 2. The van der Waals surface area contributed by atoms with Crippen LogP contribution in [0.15, 0.2) is 12.1 Å². The van der Waals surface area contributed by atoms with Crippen molar-refractivity contribution in [2.24, 2.45) is 5.92 Å². The highest BCUT2D eigenvalue weighted by Crippen LogP contribution is 2.21. The van der Waals surface area contributed by atoms with E-state index >= 15 is 0 Å². The molecule has 1 aliphatic rings. The van der Waals surface area contributed by atoms with Gasteiger partial charge in [0.2, 0.25) is 5.82 Å². The van der Waals surface area contributed by atoms with Crippen LogP contribution in [0, 0.1) is 16.0 Å². The number of nitrogens with two attached hydrogens (primary N) is 1. The minimum absolute atomic E-state index is 0.0456. The first-order valence-corrected chi connectivity index (χ1v) is 6.39. The van der Waals surface area contributed by atoms with Gasteiger partial charge in [-0.1, -0.05) is 0 Å². The molecule has 1 saturated heterocycles. The highest BCUT2D eigenvalue weighted by atomic mass is 16.6. The highest BCUT2D eigenvalue weighted by molar-refractivity contribution is 5.57. The van der Waals surface area contributed by atoms with Gasteiger partial charge in [0, 0.05) is 19.2 Å². The van der Waals surface area contributed by atoms with E-state index < -0.39 is 4.92 Å². The molecule has 7 heteroatoms. The fourth-order valence-corrected chi connectivity index (χ4v) is 2.41. The molecule has 0 bridgehead atoms. The van der Waals surface area contributed by atoms with Crippen LogP contribution in [-0.4, -0.2) is 41.5 Å². The van der Waals surface area contributed by atoms with E-state index in [9.17, 15) is 10.1 Å². The number of nitrogen functional groups attached to an aromatic ring is 1. The third-order valence-electron chi connectivity index (χ3n) is 3.39. The van der Waals surface area contributed by atoms with Crippen molar-refractivity contribution in [3.63, 3.8) is 0 Å². The number of pyridine rings is 1. The number of piperidine rings is 1. The molecule has 2 heterocycles. The summed E-state index contributed by atoms with van der Waals surface area (Å²) >= 11 is 0. The van der Waals surface area contributed by atoms with Gasteiger partial charge in [0.25, 0.3) is 0 Å². The summed E-state index contributed by atoms with van der Waals surface area (Å²) in [5.41, 5.74) is 5.40. The van der Waals surface area contributed by atoms with Gasteiger partial charge in [-0.15, -0.1) is 0 Å². The predicted octanol–water partition coefficient (Wildman–Crippen LogP) is 1.33. The van der Waals surface area contributed by atoms with E-state index in [1.165, 1.54) is 18.9 Å². The van der Waals surface area contributed by atoms with Crippen molar-refractivity contribution < 1.29 is 4.92 Å². The molecule has 1 aromatic rings. The fraction of sp³-hybridized carbons (Fsp3) is 0.583. The van der Waals surface area contributed by atoms with Crippen LogP contribution in [0.2, 0.25) is 0 Å². The lowest BCUT2D eigenvalue weighted by Gasteiger charge is -2.29. The molecular formula is C12H19N5O2. The Hall–Kier alpha value is -1.89. The van der Waals surface area contributed by atoms with Crippen LogP contribution in [0.25, 0.3) is 0 Å². The summed E-state index contributed by atoms with van der Waals surface area (Å²) in [6, 6.07) is 2.98. The van der Waals surface area contributed by atoms with Gasteiger partial charge in [0.1, 0.15) is 5.82 Å². The second-order valence-corrected chi connectivity index (χ2v) is 5.01. The first kappa shape index (κ1) is 13.5. The third kappa shape index (κ3) is 3.54. The van der Waals surface area contributed by atoms with Gasteiger partial charge in [-0.25, -0.2) is 4.98 Å². The number of rotatable bonds is 4. The summed E-state index contributed by atoms with van der Waals surface area (Å²) < 4.78 is 0. The Balaban J connectivity index is 1.92. The SMILES string of the molecule is CN1CCCC(CNc2ccc([N+](=O)[O-])c(N)n2)C1. The van der Waals surface area contributed by atoms with E-state index in [1.807, 2.05) is 0 Å². The quantitative estimate of drug-likeness (QED) is 0.629. The van der Waals surface area contributed by atoms with Crippen LogP contribution in [0.4, 0.5) is 17.3 Å². The normalized spacial score (nSPS) is 20.2.